The van der Waals surface area contributed by atoms with E-state index in [4.69, 9.17) is 0 Å². The van der Waals surface area contributed by atoms with Gasteiger partial charge in [-0.15, -0.1) is 11.3 Å². The van der Waals surface area contributed by atoms with Crippen LogP contribution < -0.4 is 16.0 Å². The molecule has 9 heteroatoms. The predicted octanol–water partition coefficient (Wildman–Crippen LogP) is 6.22. The predicted molar refractivity (Wildman–Crippen MR) is 151 cm³/mol. The molecule has 1 amide bonds. The van der Waals surface area contributed by atoms with Gasteiger partial charge in [0.05, 0.1) is 39.1 Å². The molecule has 2 heterocycles. The maximum Gasteiger partial charge on any atom is 0.255 e. The number of rotatable bonds is 9. The van der Waals surface area contributed by atoms with E-state index in [0.717, 1.165) is 27.0 Å². The molecular formula is C28H34FN5O2S. The van der Waals surface area contributed by atoms with Gasteiger partial charge in [0.15, 0.2) is 0 Å². The van der Waals surface area contributed by atoms with E-state index in [9.17, 15) is 14.3 Å². The number of anilines is 3. The van der Waals surface area contributed by atoms with Crippen LogP contribution in [-0.4, -0.2) is 39.3 Å². The lowest BCUT2D eigenvalue weighted by Crippen LogP contribution is -2.42. The van der Waals surface area contributed by atoms with Crippen LogP contribution >= 0.6 is 11.3 Å². The smallest absolute Gasteiger partial charge is 0.255 e. The molecule has 0 aliphatic carbocycles. The average Bonchev–Trinajstić information content (AvgIpc) is 3.35. The SMILES string of the molecule is CC.Cc1ccccc1CNc1cc(Nc2ccc3ncsc3c2)ncc1C(=O)NC[C@@H](F)C(C)(C)O. The van der Waals surface area contributed by atoms with Gasteiger partial charge in [-0.2, -0.15) is 0 Å². The molecule has 0 fully saturated rings. The average molecular weight is 524 g/mol. The fourth-order valence-electron chi connectivity index (χ4n) is 3.46. The van der Waals surface area contributed by atoms with Crippen molar-refractivity contribution in [3.8, 4) is 0 Å². The third-order valence-electron chi connectivity index (χ3n) is 5.69. The normalized spacial score (nSPS) is 11.9. The molecule has 2 aromatic carbocycles. The minimum atomic E-state index is -1.61. The monoisotopic (exact) mass is 523 g/mol. The number of nitrogens with zero attached hydrogens (tertiary/aromatic N) is 2. The molecule has 4 rings (SSSR count). The van der Waals surface area contributed by atoms with Gasteiger partial charge in [-0.05, 0) is 50.1 Å². The number of carbonyl (C=O) groups is 1. The number of nitrogens with one attached hydrogen (secondary N) is 3. The number of pyridine rings is 1. The lowest BCUT2D eigenvalue weighted by atomic mass is 10.0. The molecule has 0 aliphatic rings. The van der Waals surface area contributed by atoms with Crippen LogP contribution in [0.3, 0.4) is 0 Å². The molecule has 0 radical (unpaired) electrons. The van der Waals surface area contributed by atoms with Crippen molar-refractivity contribution >= 4 is 44.7 Å². The molecule has 0 saturated carbocycles. The van der Waals surface area contributed by atoms with Gasteiger partial charge in [-0.25, -0.2) is 14.4 Å². The summed E-state index contributed by atoms with van der Waals surface area (Å²) in [6.07, 6.45) is -0.147. The van der Waals surface area contributed by atoms with Gasteiger partial charge in [-0.3, -0.25) is 4.79 Å². The number of hydrogen-bond donors (Lipinski definition) is 4. The second-order valence-electron chi connectivity index (χ2n) is 8.89. The Morgan fingerprint density at radius 1 is 1.14 bits per heavy atom. The number of aromatic nitrogens is 2. The number of aryl methyl sites for hydroxylation is 1. The van der Waals surface area contributed by atoms with Gasteiger partial charge >= 0.3 is 0 Å². The molecule has 7 nitrogen and oxygen atoms in total. The van der Waals surface area contributed by atoms with E-state index in [1.807, 2.05) is 63.2 Å². The molecular weight excluding hydrogens is 489 g/mol. The van der Waals surface area contributed by atoms with Crippen molar-refractivity contribution in [3.63, 3.8) is 0 Å². The summed E-state index contributed by atoms with van der Waals surface area (Å²) in [6.45, 7) is 8.94. The van der Waals surface area contributed by atoms with E-state index in [1.165, 1.54) is 20.0 Å². The lowest BCUT2D eigenvalue weighted by Gasteiger charge is -2.22. The number of benzene rings is 2. The number of fused-ring (bicyclic) bond motifs is 1. The van der Waals surface area contributed by atoms with Crippen molar-refractivity contribution in [2.75, 3.05) is 17.2 Å². The summed E-state index contributed by atoms with van der Waals surface area (Å²) in [5.41, 5.74) is 5.08. The summed E-state index contributed by atoms with van der Waals surface area (Å²) >= 11 is 1.55. The summed E-state index contributed by atoms with van der Waals surface area (Å²) in [5.74, 6) is 0.0758. The van der Waals surface area contributed by atoms with Crippen LogP contribution in [0.5, 0.6) is 0 Å². The first kappa shape index (κ1) is 28.0. The number of alkyl halides is 1. The molecule has 196 valence electrons. The molecule has 2 aromatic heterocycles. The second kappa shape index (κ2) is 12.6. The highest BCUT2D eigenvalue weighted by molar-refractivity contribution is 7.16. The molecule has 0 unspecified atom stereocenters. The number of halogens is 1. The fourth-order valence-corrected chi connectivity index (χ4v) is 4.17. The number of carbonyl (C=O) groups excluding carboxylic acids is 1. The third kappa shape index (κ3) is 7.47. The van der Waals surface area contributed by atoms with Crippen LogP contribution in [0.25, 0.3) is 10.2 Å². The molecule has 37 heavy (non-hydrogen) atoms. The van der Waals surface area contributed by atoms with E-state index in [2.05, 4.69) is 25.9 Å². The Labute approximate surface area is 221 Å². The van der Waals surface area contributed by atoms with Gasteiger partial charge in [0.1, 0.15) is 12.0 Å². The number of hydrogen-bond acceptors (Lipinski definition) is 7. The molecule has 0 bridgehead atoms. The Balaban J connectivity index is 0.00000186. The van der Waals surface area contributed by atoms with Crippen LogP contribution in [0.4, 0.5) is 21.6 Å². The molecule has 0 aliphatic heterocycles. The molecule has 1 atom stereocenters. The van der Waals surface area contributed by atoms with Crippen LogP contribution in [0.15, 0.2) is 60.2 Å². The lowest BCUT2D eigenvalue weighted by molar-refractivity contribution is -0.00177. The fraction of sp³-hybridized carbons (Fsp3) is 0.321. The van der Waals surface area contributed by atoms with Crippen molar-refractivity contribution in [3.05, 3.63) is 76.9 Å². The Morgan fingerprint density at radius 3 is 2.62 bits per heavy atom. The topological polar surface area (TPSA) is 99.2 Å². The van der Waals surface area contributed by atoms with Crippen molar-refractivity contribution < 1.29 is 14.3 Å². The standard InChI is InChI=1S/C26H28FN5O2S.C2H6/c1-16-6-4-5-7-17(16)12-28-21-11-24(32-18-8-9-20-22(10-18)35-15-31-20)29-13-19(21)25(33)30-14-23(27)26(2,3)34;1-2/h4-11,13,15,23,34H,12,14H2,1-3H3,(H,30,33)(H2,28,29,32);1-2H3/t23-;/m1./s1. The highest BCUT2D eigenvalue weighted by Crippen LogP contribution is 2.26. The van der Waals surface area contributed by atoms with Crippen molar-refractivity contribution in [1.82, 2.24) is 15.3 Å². The molecule has 4 aromatic rings. The zero-order valence-corrected chi connectivity index (χ0v) is 22.6. The van der Waals surface area contributed by atoms with E-state index < -0.39 is 17.7 Å². The summed E-state index contributed by atoms with van der Waals surface area (Å²) in [6, 6.07) is 15.6. The third-order valence-corrected chi connectivity index (χ3v) is 6.48. The van der Waals surface area contributed by atoms with Crippen LogP contribution in [-0.2, 0) is 6.54 Å². The second-order valence-corrected chi connectivity index (χ2v) is 9.77. The maximum absolute atomic E-state index is 14.2. The van der Waals surface area contributed by atoms with Crippen molar-refractivity contribution in [1.29, 1.82) is 0 Å². The van der Waals surface area contributed by atoms with Gasteiger partial charge in [0, 0.05) is 24.5 Å². The van der Waals surface area contributed by atoms with E-state index >= 15 is 0 Å². The van der Waals surface area contributed by atoms with Crippen LogP contribution in [0.2, 0.25) is 0 Å². The zero-order valence-electron chi connectivity index (χ0n) is 21.8. The minimum absolute atomic E-state index is 0.282. The maximum atomic E-state index is 14.2. The van der Waals surface area contributed by atoms with E-state index in [-0.39, 0.29) is 12.1 Å². The molecule has 0 saturated heterocycles. The highest BCUT2D eigenvalue weighted by atomic mass is 32.1. The first-order valence-electron chi connectivity index (χ1n) is 12.2. The first-order valence-corrected chi connectivity index (χ1v) is 13.1. The number of aliphatic hydroxyl groups is 1. The minimum Gasteiger partial charge on any atom is -0.387 e. The molecule has 4 N–H and O–H groups in total. The van der Waals surface area contributed by atoms with Gasteiger partial charge in [0.2, 0.25) is 0 Å². The van der Waals surface area contributed by atoms with Crippen molar-refractivity contribution in [2.45, 2.75) is 52.9 Å². The summed E-state index contributed by atoms with van der Waals surface area (Å²) in [7, 11) is 0. The van der Waals surface area contributed by atoms with Crippen molar-refractivity contribution in [2.24, 2.45) is 0 Å². The number of amides is 1. The quantitative estimate of drug-likeness (QED) is 0.208. The summed E-state index contributed by atoms with van der Waals surface area (Å²) in [5, 5.41) is 19.0. The summed E-state index contributed by atoms with van der Waals surface area (Å²) in [4.78, 5) is 21.6. The van der Waals surface area contributed by atoms with E-state index in [0.29, 0.717) is 18.1 Å². The Morgan fingerprint density at radius 2 is 1.89 bits per heavy atom. The molecule has 0 spiro atoms. The van der Waals surface area contributed by atoms with Crippen LogP contribution in [0, 0.1) is 6.92 Å². The Kier molecular flexibility index (Phi) is 9.54. The summed E-state index contributed by atoms with van der Waals surface area (Å²) < 4.78 is 15.2. The van der Waals surface area contributed by atoms with Gasteiger partial charge in [-0.1, -0.05) is 38.1 Å². The first-order chi connectivity index (χ1) is 17.7. The van der Waals surface area contributed by atoms with Crippen LogP contribution in [0.1, 0.15) is 49.2 Å². The zero-order chi connectivity index (χ0) is 27.0. The largest absolute Gasteiger partial charge is 0.387 e. The van der Waals surface area contributed by atoms with E-state index in [1.54, 1.807) is 22.9 Å². The van der Waals surface area contributed by atoms with Gasteiger partial charge < -0.3 is 21.1 Å². The highest BCUT2D eigenvalue weighted by Gasteiger charge is 2.27. The Hall–Kier alpha value is -3.56. The van der Waals surface area contributed by atoms with Gasteiger partial charge in [0.25, 0.3) is 5.91 Å². The Bertz CT molecular complexity index is 1340. The number of thiazole rings is 1.